The first-order valence-corrected chi connectivity index (χ1v) is 6.78. The molecule has 2 aliphatic heterocycles. The predicted molar refractivity (Wildman–Crippen MR) is 74.9 cm³/mol. The molecular weight excluding hydrogens is 272 g/mol. The SMILES string of the molecule is Cc1cc(C)nc(/N=C2\NC(=O)C[C@H]3C(=O)NCCN23)n1. The number of piperazine rings is 1. The maximum Gasteiger partial charge on any atom is 0.253 e. The highest BCUT2D eigenvalue weighted by Gasteiger charge is 2.38. The smallest absolute Gasteiger partial charge is 0.253 e. The van der Waals surface area contributed by atoms with Crippen LogP contribution in [0.2, 0.25) is 0 Å². The molecule has 2 aliphatic rings. The standard InChI is InChI=1S/C13H16N6O2/c1-7-5-8(2)16-12(15-7)18-13-17-10(20)6-9-11(21)14-3-4-19(9)13/h5,9H,3-4,6H2,1-2H3,(H,14,21)(H,15,16,17,18,20)/t9-/m0/s1. The van der Waals surface area contributed by atoms with Crippen LogP contribution in [0.4, 0.5) is 5.95 Å². The number of fused-ring (bicyclic) bond motifs is 1. The van der Waals surface area contributed by atoms with Gasteiger partial charge in [0.15, 0.2) is 0 Å². The van der Waals surface area contributed by atoms with Gasteiger partial charge in [-0.3, -0.25) is 14.9 Å². The van der Waals surface area contributed by atoms with Gasteiger partial charge in [0.25, 0.3) is 5.95 Å². The Labute approximate surface area is 121 Å². The highest BCUT2D eigenvalue weighted by Crippen LogP contribution is 2.16. The first kappa shape index (κ1) is 13.5. The molecule has 0 radical (unpaired) electrons. The van der Waals surface area contributed by atoms with Crippen LogP contribution in [-0.2, 0) is 9.59 Å². The molecule has 0 bridgehead atoms. The number of rotatable bonds is 1. The summed E-state index contributed by atoms with van der Waals surface area (Å²) in [5.74, 6) is 0.257. The molecule has 1 aromatic rings. The van der Waals surface area contributed by atoms with Gasteiger partial charge in [-0.1, -0.05) is 0 Å². The second-order valence-corrected chi connectivity index (χ2v) is 5.14. The van der Waals surface area contributed by atoms with E-state index in [2.05, 4.69) is 25.6 Å². The number of aromatic nitrogens is 2. The number of carbonyl (C=O) groups is 2. The minimum Gasteiger partial charge on any atom is -0.353 e. The minimum atomic E-state index is -0.503. The van der Waals surface area contributed by atoms with Crippen molar-refractivity contribution in [2.45, 2.75) is 26.3 Å². The predicted octanol–water partition coefficient (Wildman–Crippen LogP) is -0.599. The van der Waals surface area contributed by atoms with E-state index in [4.69, 9.17) is 0 Å². The third kappa shape index (κ3) is 2.69. The van der Waals surface area contributed by atoms with Crippen molar-refractivity contribution in [1.29, 1.82) is 0 Å². The normalized spacial score (nSPS) is 23.6. The molecule has 2 saturated heterocycles. The Kier molecular flexibility index (Phi) is 3.28. The average molecular weight is 288 g/mol. The molecule has 2 amide bonds. The highest BCUT2D eigenvalue weighted by atomic mass is 16.2. The second kappa shape index (κ2) is 5.12. The van der Waals surface area contributed by atoms with E-state index in [1.807, 2.05) is 19.9 Å². The monoisotopic (exact) mass is 288 g/mol. The van der Waals surface area contributed by atoms with Crippen molar-refractivity contribution in [3.63, 3.8) is 0 Å². The number of hydrogen-bond donors (Lipinski definition) is 2. The van der Waals surface area contributed by atoms with E-state index < -0.39 is 6.04 Å². The lowest BCUT2D eigenvalue weighted by Crippen LogP contribution is -2.65. The summed E-state index contributed by atoms with van der Waals surface area (Å²) < 4.78 is 0. The van der Waals surface area contributed by atoms with Crippen LogP contribution < -0.4 is 10.6 Å². The lowest BCUT2D eigenvalue weighted by molar-refractivity contribution is -0.133. The average Bonchev–Trinajstić information content (AvgIpc) is 2.39. The molecule has 1 aromatic heterocycles. The maximum atomic E-state index is 11.9. The molecule has 0 saturated carbocycles. The van der Waals surface area contributed by atoms with Gasteiger partial charge in [-0.05, 0) is 19.9 Å². The fraction of sp³-hybridized carbons (Fsp3) is 0.462. The number of aryl methyl sites for hydroxylation is 2. The Balaban J connectivity index is 1.96. The quantitative estimate of drug-likeness (QED) is 0.719. The maximum absolute atomic E-state index is 11.9. The number of carbonyl (C=O) groups excluding carboxylic acids is 2. The first-order chi connectivity index (χ1) is 10.0. The summed E-state index contributed by atoms with van der Waals surface area (Å²) in [7, 11) is 0. The van der Waals surface area contributed by atoms with E-state index in [9.17, 15) is 9.59 Å². The molecule has 21 heavy (non-hydrogen) atoms. The van der Waals surface area contributed by atoms with Crippen molar-refractivity contribution in [2.24, 2.45) is 4.99 Å². The van der Waals surface area contributed by atoms with Gasteiger partial charge in [0.05, 0.1) is 6.42 Å². The van der Waals surface area contributed by atoms with E-state index in [1.54, 1.807) is 4.90 Å². The Bertz CT molecular complexity index is 621. The van der Waals surface area contributed by atoms with Crippen LogP contribution in [0.15, 0.2) is 11.1 Å². The van der Waals surface area contributed by atoms with Gasteiger partial charge in [0, 0.05) is 24.5 Å². The fourth-order valence-electron chi connectivity index (χ4n) is 2.54. The van der Waals surface area contributed by atoms with Gasteiger partial charge in [0.1, 0.15) is 6.04 Å². The van der Waals surface area contributed by atoms with Crippen molar-refractivity contribution in [3.05, 3.63) is 17.5 Å². The molecule has 3 rings (SSSR count). The summed E-state index contributed by atoms with van der Waals surface area (Å²) in [6.07, 6.45) is 0.137. The molecule has 1 atom stereocenters. The van der Waals surface area contributed by atoms with E-state index in [0.717, 1.165) is 11.4 Å². The molecule has 2 N–H and O–H groups in total. The van der Waals surface area contributed by atoms with E-state index in [-0.39, 0.29) is 24.2 Å². The highest BCUT2D eigenvalue weighted by molar-refractivity contribution is 6.05. The van der Waals surface area contributed by atoms with Crippen LogP contribution in [0.3, 0.4) is 0 Å². The third-order valence-corrected chi connectivity index (χ3v) is 3.41. The summed E-state index contributed by atoms with van der Waals surface area (Å²) in [6.45, 7) is 4.84. The van der Waals surface area contributed by atoms with Crippen LogP contribution >= 0.6 is 0 Å². The molecule has 110 valence electrons. The zero-order valence-electron chi connectivity index (χ0n) is 11.9. The van der Waals surface area contributed by atoms with Gasteiger partial charge in [-0.2, -0.15) is 4.99 Å². The molecule has 0 aromatic carbocycles. The number of aliphatic imine (C=N–C) groups is 1. The minimum absolute atomic E-state index is 0.137. The lowest BCUT2D eigenvalue weighted by Gasteiger charge is -2.39. The molecule has 0 spiro atoms. The van der Waals surface area contributed by atoms with E-state index in [0.29, 0.717) is 19.0 Å². The van der Waals surface area contributed by atoms with Crippen LogP contribution in [0.5, 0.6) is 0 Å². The van der Waals surface area contributed by atoms with Gasteiger partial charge >= 0.3 is 0 Å². The topological polar surface area (TPSA) is 99.6 Å². The Morgan fingerprint density at radius 2 is 2.00 bits per heavy atom. The van der Waals surface area contributed by atoms with Crippen molar-refractivity contribution >= 4 is 23.7 Å². The Morgan fingerprint density at radius 1 is 1.29 bits per heavy atom. The number of hydrogen-bond acceptors (Lipinski definition) is 5. The molecular formula is C13H16N6O2. The molecule has 3 heterocycles. The molecule has 8 nitrogen and oxygen atoms in total. The Hall–Kier alpha value is -2.51. The van der Waals surface area contributed by atoms with Gasteiger partial charge in [-0.15, -0.1) is 0 Å². The van der Waals surface area contributed by atoms with Crippen molar-refractivity contribution in [3.8, 4) is 0 Å². The van der Waals surface area contributed by atoms with Gasteiger partial charge in [0.2, 0.25) is 17.8 Å². The summed E-state index contributed by atoms with van der Waals surface area (Å²) in [5, 5.41) is 5.46. The summed E-state index contributed by atoms with van der Waals surface area (Å²) >= 11 is 0. The number of nitrogens with one attached hydrogen (secondary N) is 2. The number of nitrogens with zero attached hydrogens (tertiary/aromatic N) is 4. The Morgan fingerprint density at radius 3 is 2.71 bits per heavy atom. The van der Waals surface area contributed by atoms with Crippen LogP contribution in [0.1, 0.15) is 17.8 Å². The van der Waals surface area contributed by atoms with Crippen molar-refractivity contribution in [2.75, 3.05) is 13.1 Å². The second-order valence-electron chi connectivity index (χ2n) is 5.14. The molecule has 0 unspecified atom stereocenters. The van der Waals surface area contributed by atoms with Gasteiger partial charge < -0.3 is 10.2 Å². The third-order valence-electron chi connectivity index (χ3n) is 3.41. The number of amides is 2. The van der Waals surface area contributed by atoms with Crippen molar-refractivity contribution < 1.29 is 9.59 Å². The first-order valence-electron chi connectivity index (χ1n) is 6.78. The summed E-state index contributed by atoms with van der Waals surface area (Å²) in [6, 6.07) is 1.34. The van der Waals surface area contributed by atoms with Crippen molar-refractivity contribution in [1.82, 2.24) is 25.5 Å². The molecule has 0 aliphatic carbocycles. The van der Waals surface area contributed by atoms with Crippen LogP contribution in [-0.4, -0.2) is 51.8 Å². The molecule has 2 fully saturated rings. The fourth-order valence-corrected chi connectivity index (χ4v) is 2.54. The number of guanidine groups is 1. The van der Waals surface area contributed by atoms with E-state index in [1.165, 1.54) is 0 Å². The molecule has 8 heteroatoms. The summed E-state index contributed by atoms with van der Waals surface area (Å²) in [4.78, 5) is 38.2. The van der Waals surface area contributed by atoms with Crippen LogP contribution in [0.25, 0.3) is 0 Å². The van der Waals surface area contributed by atoms with Gasteiger partial charge in [-0.25, -0.2) is 9.97 Å². The summed E-state index contributed by atoms with van der Waals surface area (Å²) in [5.41, 5.74) is 1.61. The largest absolute Gasteiger partial charge is 0.353 e. The zero-order valence-corrected chi connectivity index (χ0v) is 11.9. The van der Waals surface area contributed by atoms with E-state index >= 15 is 0 Å². The zero-order chi connectivity index (χ0) is 15.0. The lowest BCUT2D eigenvalue weighted by atomic mass is 10.1. The van der Waals surface area contributed by atoms with Crippen LogP contribution in [0, 0.1) is 13.8 Å².